The van der Waals surface area contributed by atoms with Crippen LogP contribution in [0.1, 0.15) is 28.9 Å². The molecule has 1 aliphatic heterocycles. The van der Waals surface area contributed by atoms with E-state index in [-0.39, 0.29) is 17.7 Å². The minimum absolute atomic E-state index is 0.0792. The van der Waals surface area contributed by atoms with E-state index in [4.69, 9.17) is 11.6 Å². The van der Waals surface area contributed by atoms with E-state index >= 15 is 0 Å². The molecule has 0 bridgehead atoms. The number of hydrogen-bond donors (Lipinski definition) is 1. The van der Waals surface area contributed by atoms with Gasteiger partial charge in [-0.25, -0.2) is 4.98 Å². The van der Waals surface area contributed by atoms with Gasteiger partial charge in [0.2, 0.25) is 5.91 Å². The average molecular weight is 463 g/mol. The second kappa shape index (κ2) is 9.07. The van der Waals surface area contributed by atoms with Gasteiger partial charge in [-0.2, -0.15) is 5.10 Å². The molecule has 1 saturated heterocycles. The number of carbonyl (C=O) groups is 2. The summed E-state index contributed by atoms with van der Waals surface area (Å²) in [5.41, 5.74) is 2.97. The molecule has 1 atom stereocenters. The normalized spacial score (nSPS) is 16.2. The molecular weight excluding hydrogens is 440 g/mol. The van der Waals surface area contributed by atoms with Crippen LogP contribution in [0.15, 0.2) is 67.3 Å². The largest absolute Gasteiger partial charge is 0.338 e. The van der Waals surface area contributed by atoms with Crippen molar-refractivity contribution in [3.8, 4) is 0 Å². The molecule has 4 aromatic rings. The molecule has 168 valence electrons. The van der Waals surface area contributed by atoms with Crippen molar-refractivity contribution < 1.29 is 9.59 Å². The maximum atomic E-state index is 12.9. The number of rotatable bonds is 5. The highest BCUT2D eigenvalue weighted by Gasteiger charge is 2.29. The van der Waals surface area contributed by atoms with Crippen LogP contribution in [-0.2, 0) is 11.3 Å². The fourth-order valence-electron chi connectivity index (χ4n) is 4.14. The van der Waals surface area contributed by atoms with Crippen LogP contribution in [0.4, 0.5) is 5.69 Å². The van der Waals surface area contributed by atoms with Gasteiger partial charge in [-0.15, -0.1) is 0 Å². The number of anilines is 1. The van der Waals surface area contributed by atoms with Crippen LogP contribution in [0.5, 0.6) is 0 Å². The molecule has 9 heteroatoms. The molecular formula is C24H23ClN6O2. The Kier molecular flexibility index (Phi) is 5.83. The number of imidazole rings is 1. The van der Waals surface area contributed by atoms with Gasteiger partial charge in [0, 0.05) is 42.3 Å². The SMILES string of the molecule is O=C(Nc1cnn(Cc2cn3ccccc3n2)c1)[C@@H]1CCCN(C(=O)c2ccc(Cl)cc2)C1. The van der Waals surface area contributed by atoms with Gasteiger partial charge >= 0.3 is 0 Å². The number of pyridine rings is 1. The average Bonchev–Trinajstić information content (AvgIpc) is 3.45. The van der Waals surface area contributed by atoms with Crippen LogP contribution in [0.3, 0.4) is 0 Å². The van der Waals surface area contributed by atoms with Crippen LogP contribution in [0.2, 0.25) is 5.02 Å². The third kappa shape index (κ3) is 4.75. The number of nitrogens with one attached hydrogen (secondary N) is 1. The third-order valence-electron chi connectivity index (χ3n) is 5.81. The van der Waals surface area contributed by atoms with Crippen molar-refractivity contribution in [3.63, 3.8) is 0 Å². The molecule has 4 heterocycles. The van der Waals surface area contributed by atoms with Crippen molar-refractivity contribution in [2.24, 2.45) is 5.92 Å². The van der Waals surface area contributed by atoms with E-state index in [1.54, 1.807) is 46.2 Å². The number of hydrogen-bond acceptors (Lipinski definition) is 4. The molecule has 0 unspecified atom stereocenters. The molecule has 0 saturated carbocycles. The zero-order valence-electron chi connectivity index (χ0n) is 17.9. The predicted molar refractivity (Wildman–Crippen MR) is 125 cm³/mol. The number of piperidine rings is 1. The van der Waals surface area contributed by atoms with Crippen molar-refractivity contribution in [1.29, 1.82) is 0 Å². The number of carbonyl (C=O) groups excluding carboxylic acids is 2. The Bertz CT molecular complexity index is 1260. The van der Waals surface area contributed by atoms with Crippen LogP contribution >= 0.6 is 11.6 Å². The monoisotopic (exact) mass is 462 g/mol. The van der Waals surface area contributed by atoms with E-state index in [0.717, 1.165) is 24.2 Å². The summed E-state index contributed by atoms with van der Waals surface area (Å²) in [4.78, 5) is 32.0. The highest BCUT2D eigenvalue weighted by molar-refractivity contribution is 6.30. The summed E-state index contributed by atoms with van der Waals surface area (Å²) in [5, 5.41) is 7.88. The molecule has 1 aromatic carbocycles. The van der Waals surface area contributed by atoms with Gasteiger partial charge in [-0.05, 0) is 49.2 Å². The molecule has 33 heavy (non-hydrogen) atoms. The number of nitrogens with zero attached hydrogens (tertiary/aromatic N) is 5. The van der Waals surface area contributed by atoms with E-state index in [9.17, 15) is 9.59 Å². The first-order chi connectivity index (χ1) is 16.0. The smallest absolute Gasteiger partial charge is 0.253 e. The Morgan fingerprint density at radius 3 is 2.79 bits per heavy atom. The molecule has 8 nitrogen and oxygen atoms in total. The second-order valence-corrected chi connectivity index (χ2v) is 8.65. The number of likely N-dealkylation sites (tertiary alicyclic amines) is 1. The molecule has 5 rings (SSSR count). The van der Waals surface area contributed by atoms with Gasteiger partial charge in [0.1, 0.15) is 5.65 Å². The molecule has 0 spiro atoms. The van der Waals surface area contributed by atoms with E-state index in [0.29, 0.717) is 35.9 Å². The lowest BCUT2D eigenvalue weighted by molar-refractivity contribution is -0.121. The first-order valence-corrected chi connectivity index (χ1v) is 11.2. The van der Waals surface area contributed by atoms with Crippen molar-refractivity contribution in [2.45, 2.75) is 19.4 Å². The van der Waals surface area contributed by atoms with Crippen molar-refractivity contribution in [3.05, 3.63) is 83.5 Å². The Hall–Kier alpha value is -3.65. The Morgan fingerprint density at radius 2 is 1.97 bits per heavy atom. The van der Waals surface area contributed by atoms with Crippen LogP contribution in [-0.4, -0.2) is 49.0 Å². The lowest BCUT2D eigenvalue weighted by Gasteiger charge is -2.32. The predicted octanol–water partition coefficient (Wildman–Crippen LogP) is 3.72. The maximum absolute atomic E-state index is 12.9. The Morgan fingerprint density at radius 1 is 1.12 bits per heavy atom. The molecule has 0 radical (unpaired) electrons. The summed E-state index contributed by atoms with van der Waals surface area (Å²) in [5.74, 6) is -0.447. The van der Waals surface area contributed by atoms with Crippen molar-refractivity contribution >= 4 is 34.7 Å². The fourth-order valence-corrected chi connectivity index (χ4v) is 4.26. The van der Waals surface area contributed by atoms with Gasteiger partial charge in [0.25, 0.3) is 5.91 Å². The van der Waals surface area contributed by atoms with Gasteiger partial charge in [-0.1, -0.05) is 17.7 Å². The lowest BCUT2D eigenvalue weighted by atomic mass is 9.96. The van der Waals surface area contributed by atoms with E-state index < -0.39 is 0 Å². The first-order valence-electron chi connectivity index (χ1n) is 10.9. The minimum atomic E-state index is -0.267. The molecule has 0 aliphatic carbocycles. The highest BCUT2D eigenvalue weighted by Crippen LogP contribution is 2.21. The van der Waals surface area contributed by atoms with E-state index in [2.05, 4.69) is 15.4 Å². The van der Waals surface area contributed by atoms with Crippen LogP contribution in [0, 0.1) is 5.92 Å². The van der Waals surface area contributed by atoms with E-state index in [1.165, 1.54) is 0 Å². The second-order valence-electron chi connectivity index (χ2n) is 8.21. The minimum Gasteiger partial charge on any atom is -0.338 e. The molecule has 3 aromatic heterocycles. The third-order valence-corrected chi connectivity index (χ3v) is 6.06. The van der Waals surface area contributed by atoms with Crippen LogP contribution < -0.4 is 5.32 Å². The van der Waals surface area contributed by atoms with Gasteiger partial charge in [0.15, 0.2) is 0 Å². The maximum Gasteiger partial charge on any atom is 0.253 e. The summed E-state index contributed by atoms with van der Waals surface area (Å²) in [6, 6.07) is 12.7. The molecule has 2 amide bonds. The van der Waals surface area contributed by atoms with Gasteiger partial charge in [0.05, 0.1) is 30.0 Å². The van der Waals surface area contributed by atoms with Gasteiger partial charge in [-0.3, -0.25) is 14.3 Å². The fraction of sp³-hybridized carbons (Fsp3) is 0.250. The lowest BCUT2D eigenvalue weighted by Crippen LogP contribution is -2.43. The number of benzene rings is 1. The van der Waals surface area contributed by atoms with Crippen LogP contribution in [0.25, 0.3) is 5.65 Å². The Balaban J connectivity index is 1.20. The zero-order valence-corrected chi connectivity index (χ0v) is 18.7. The molecule has 1 aliphatic rings. The molecule has 1 fully saturated rings. The summed E-state index contributed by atoms with van der Waals surface area (Å²) < 4.78 is 3.70. The summed E-state index contributed by atoms with van der Waals surface area (Å²) in [7, 11) is 0. The zero-order chi connectivity index (χ0) is 22.8. The number of aromatic nitrogens is 4. The quantitative estimate of drug-likeness (QED) is 0.490. The first kappa shape index (κ1) is 21.2. The van der Waals surface area contributed by atoms with Gasteiger partial charge < -0.3 is 14.6 Å². The summed E-state index contributed by atoms with van der Waals surface area (Å²) in [6.45, 7) is 1.54. The number of fused-ring (bicyclic) bond motifs is 1. The summed E-state index contributed by atoms with van der Waals surface area (Å²) in [6.07, 6.45) is 8.86. The van der Waals surface area contributed by atoms with Crippen molar-refractivity contribution in [2.75, 3.05) is 18.4 Å². The topological polar surface area (TPSA) is 84.5 Å². The standard InChI is InChI=1S/C24H23ClN6O2/c25-19-8-6-17(7-9-19)24(33)30-11-3-4-18(13-30)23(32)28-20-12-26-31(15-20)16-21-14-29-10-2-1-5-22(29)27-21/h1-2,5-10,12,14-15,18H,3-4,11,13,16H2,(H,28,32)/t18-/m1/s1. The molecule has 1 N–H and O–H groups in total. The highest BCUT2D eigenvalue weighted by atomic mass is 35.5. The van der Waals surface area contributed by atoms with Crippen molar-refractivity contribution in [1.82, 2.24) is 24.1 Å². The summed E-state index contributed by atoms with van der Waals surface area (Å²) >= 11 is 5.92. The number of amides is 2. The Labute approximate surface area is 195 Å². The number of halogens is 1. The van der Waals surface area contributed by atoms with E-state index in [1.807, 2.05) is 35.0 Å².